The molecule has 0 aliphatic carbocycles. The summed E-state index contributed by atoms with van der Waals surface area (Å²) in [6.45, 7) is 0. The van der Waals surface area contributed by atoms with E-state index >= 15 is 0 Å². The minimum atomic E-state index is -1.11. The third kappa shape index (κ3) is 3.36. The lowest BCUT2D eigenvalue weighted by atomic mass is 10.0. The highest BCUT2D eigenvalue weighted by molar-refractivity contribution is 6.24. The highest BCUT2D eigenvalue weighted by Gasteiger charge is 2.45. The molecular weight excluding hydrogens is 436 g/mol. The predicted octanol–water partition coefficient (Wildman–Crippen LogP) is 5.49. The second kappa shape index (κ2) is 8.37. The lowest BCUT2D eigenvalue weighted by molar-refractivity contribution is -0.121. The lowest BCUT2D eigenvalue weighted by Gasteiger charge is -2.32. The summed E-state index contributed by atoms with van der Waals surface area (Å²) in [6.07, 6.45) is 1.58. The van der Waals surface area contributed by atoms with Crippen LogP contribution in [0.2, 0.25) is 0 Å². The number of amides is 3. The lowest BCUT2D eigenvalue weighted by Crippen LogP contribution is -2.44. The van der Waals surface area contributed by atoms with Crippen LogP contribution in [0.5, 0.6) is 0 Å². The minimum Gasteiger partial charge on any atom is -0.278 e. The zero-order valence-corrected chi connectivity index (χ0v) is 18.9. The van der Waals surface area contributed by atoms with Crippen LogP contribution in [0.25, 0.3) is 0 Å². The van der Waals surface area contributed by atoms with Crippen molar-refractivity contribution in [3.8, 4) is 0 Å². The van der Waals surface area contributed by atoms with E-state index in [2.05, 4.69) is 0 Å². The van der Waals surface area contributed by atoms with Gasteiger partial charge in [-0.05, 0) is 53.8 Å². The van der Waals surface area contributed by atoms with Gasteiger partial charge in [0.25, 0.3) is 17.7 Å². The molecule has 4 aromatic carbocycles. The molecular formula is C30H22N2O3. The summed E-state index contributed by atoms with van der Waals surface area (Å²) in [5, 5.41) is 0. The number of anilines is 2. The summed E-state index contributed by atoms with van der Waals surface area (Å²) in [5.74, 6) is -1.25. The van der Waals surface area contributed by atoms with Crippen LogP contribution in [0.4, 0.5) is 11.4 Å². The Kier molecular flexibility index (Phi) is 5.03. The van der Waals surface area contributed by atoms with Crippen molar-refractivity contribution < 1.29 is 14.4 Å². The molecule has 2 heterocycles. The number of carbonyl (C=O) groups is 3. The zero-order valence-electron chi connectivity index (χ0n) is 18.9. The molecule has 2 aliphatic heterocycles. The second-order valence-electron chi connectivity index (χ2n) is 8.77. The number of para-hydroxylation sites is 2. The van der Waals surface area contributed by atoms with Gasteiger partial charge in [-0.1, -0.05) is 78.9 Å². The fourth-order valence-electron chi connectivity index (χ4n) is 5.12. The van der Waals surface area contributed by atoms with Crippen LogP contribution < -0.4 is 4.90 Å². The number of carbonyl (C=O) groups excluding carboxylic acids is 3. The van der Waals surface area contributed by atoms with E-state index in [0.717, 1.165) is 40.2 Å². The average Bonchev–Trinajstić information content (AvgIpc) is 3.05. The summed E-state index contributed by atoms with van der Waals surface area (Å²) < 4.78 is 0. The third-order valence-electron chi connectivity index (χ3n) is 6.78. The standard InChI is InChI=1S/C30H22N2O3/c33-28-23-14-6-7-15-24(23)29(34)32(28)27(22-12-2-1-3-13-22)30(35)31-25-16-8-4-10-20(25)18-19-21-11-5-9-17-26(21)31/h1-17,27H,18-19H2/t27-/m0/s1. The first-order valence-corrected chi connectivity index (χ1v) is 11.7. The average molecular weight is 459 g/mol. The summed E-state index contributed by atoms with van der Waals surface area (Å²) in [6, 6.07) is 30.4. The van der Waals surface area contributed by atoms with E-state index in [-0.39, 0.29) is 5.91 Å². The highest BCUT2D eigenvalue weighted by Crippen LogP contribution is 2.40. The van der Waals surface area contributed by atoms with E-state index in [9.17, 15) is 14.4 Å². The van der Waals surface area contributed by atoms with Gasteiger partial charge in [0.05, 0.1) is 22.5 Å². The Morgan fingerprint density at radius 2 is 1.06 bits per heavy atom. The van der Waals surface area contributed by atoms with Gasteiger partial charge in [-0.2, -0.15) is 0 Å². The molecule has 0 fully saturated rings. The molecule has 5 nitrogen and oxygen atoms in total. The largest absolute Gasteiger partial charge is 0.278 e. The molecule has 0 aromatic heterocycles. The normalized spacial score (nSPS) is 15.2. The van der Waals surface area contributed by atoms with Gasteiger partial charge in [-0.15, -0.1) is 0 Å². The predicted molar refractivity (Wildman–Crippen MR) is 134 cm³/mol. The zero-order chi connectivity index (χ0) is 23.9. The van der Waals surface area contributed by atoms with Crippen molar-refractivity contribution in [3.05, 3.63) is 131 Å². The Hall–Kier alpha value is -4.51. The summed E-state index contributed by atoms with van der Waals surface area (Å²) in [7, 11) is 0. The molecule has 170 valence electrons. The van der Waals surface area contributed by atoms with Gasteiger partial charge in [-0.25, -0.2) is 0 Å². The third-order valence-corrected chi connectivity index (χ3v) is 6.78. The second-order valence-corrected chi connectivity index (χ2v) is 8.77. The molecule has 0 spiro atoms. The van der Waals surface area contributed by atoms with Crippen LogP contribution in [-0.4, -0.2) is 22.6 Å². The minimum absolute atomic E-state index is 0.322. The van der Waals surface area contributed by atoms with Crippen molar-refractivity contribution in [2.75, 3.05) is 4.90 Å². The van der Waals surface area contributed by atoms with E-state index in [4.69, 9.17) is 0 Å². The summed E-state index contributed by atoms with van der Waals surface area (Å²) in [4.78, 5) is 44.4. The molecule has 0 saturated carbocycles. The first-order valence-electron chi connectivity index (χ1n) is 11.7. The van der Waals surface area contributed by atoms with Crippen LogP contribution in [0.15, 0.2) is 103 Å². The Balaban J connectivity index is 1.55. The monoisotopic (exact) mass is 458 g/mol. The van der Waals surface area contributed by atoms with Gasteiger partial charge >= 0.3 is 0 Å². The van der Waals surface area contributed by atoms with Crippen LogP contribution in [0, 0.1) is 0 Å². The van der Waals surface area contributed by atoms with Crippen molar-refractivity contribution in [1.29, 1.82) is 0 Å². The summed E-state index contributed by atoms with van der Waals surface area (Å²) >= 11 is 0. The van der Waals surface area contributed by atoms with Gasteiger partial charge in [-0.3, -0.25) is 24.2 Å². The van der Waals surface area contributed by atoms with Crippen LogP contribution in [0.1, 0.15) is 43.4 Å². The topological polar surface area (TPSA) is 57.7 Å². The van der Waals surface area contributed by atoms with Gasteiger partial charge in [0.2, 0.25) is 0 Å². The molecule has 0 N–H and O–H groups in total. The maximum atomic E-state index is 14.6. The molecule has 0 radical (unpaired) electrons. The van der Waals surface area contributed by atoms with Crippen LogP contribution >= 0.6 is 0 Å². The number of nitrogens with zero attached hydrogens (tertiary/aromatic N) is 2. The Labute approximate surface area is 203 Å². The van der Waals surface area contributed by atoms with Gasteiger partial charge < -0.3 is 0 Å². The smallest absolute Gasteiger partial charge is 0.262 e. The fraction of sp³-hybridized carbons (Fsp3) is 0.100. The molecule has 4 aromatic rings. The Bertz CT molecular complexity index is 1400. The van der Waals surface area contributed by atoms with E-state index in [1.807, 2.05) is 66.7 Å². The van der Waals surface area contributed by atoms with Crippen molar-refractivity contribution >= 4 is 29.1 Å². The highest BCUT2D eigenvalue weighted by atomic mass is 16.2. The van der Waals surface area contributed by atoms with Crippen molar-refractivity contribution in [3.63, 3.8) is 0 Å². The molecule has 0 bridgehead atoms. The fourth-order valence-corrected chi connectivity index (χ4v) is 5.12. The van der Waals surface area contributed by atoms with Crippen molar-refractivity contribution in [1.82, 2.24) is 4.90 Å². The first-order chi connectivity index (χ1) is 17.1. The van der Waals surface area contributed by atoms with E-state index in [0.29, 0.717) is 16.7 Å². The number of imide groups is 1. The SMILES string of the molecule is O=C([C@H](c1ccccc1)N1C(=O)c2ccccc2C1=O)N1c2ccccc2CCc2ccccc21. The number of hydrogen-bond acceptors (Lipinski definition) is 3. The molecule has 0 unspecified atom stereocenters. The Morgan fingerprint density at radius 3 is 1.60 bits per heavy atom. The number of benzene rings is 4. The van der Waals surface area contributed by atoms with Crippen LogP contribution in [-0.2, 0) is 17.6 Å². The maximum absolute atomic E-state index is 14.6. The van der Waals surface area contributed by atoms with Crippen molar-refractivity contribution in [2.24, 2.45) is 0 Å². The quantitative estimate of drug-likeness (QED) is 0.382. The number of hydrogen-bond donors (Lipinski definition) is 0. The molecule has 2 aliphatic rings. The van der Waals surface area contributed by atoms with Gasteiger partial charge in [0.1, 0.15) is 6.04 Å². The molecule has 3 amide bonds. The first kappa shape index (κ1) is 21.1. The van der Waals surface area contributed by atoms with Crippen molar-refractivity contribution in [2.45, 2.75) is 18.9 Å². The molecule has 35 heavy (non-hydrogen) atoms. The summed E-state index contributed by atoms with van der Waals surface area (Å²) in [5.41, 5.74) is 4.88. The number of rotatable bonds is 3. The molecule has 1 atom stereocenters. The molecule has 0 saturated heterocycles. The maximum Gasteiger partial charge on any atom is 0.262 e. The molecule has 5 heteroatoms. The van der Waals surface area contributed by atoms with E-state index in [1.165, 1.54) is 0 Å². The van der Waals surface area contributed by atoms with Crippen LogP contribution in [0.3, 0.4) is 0 Å². The number of aryl methyl sites for hydroxylation is 2. The van der Waals surface area contributed by atoms with Gasteiger partial charge in [0.15, 0.2) is 0 Å². The molecule has 6 rings (SSSR count). The van der Waals surface area contributed by atoms with E-state index < -0.39 is 17.9 Å². The van der Waals surface area contributed by atoms with E-state index in [1.54, 1.807) is 41.3 Å². The number of fused-ring (bicyclic) bond motifs is 3. The Morgan fingerprint density at radius 1 is 0.600 bits per heavy atom. The van der Waals surface area contributed by atoms with Gasteiger partial charge in [0, 0.05) is 0 Å².